The van der Waals surface area contributed by atoms with E-state index in [1.165, 1.54) is 28.9 Å². The Kier molecular flexibility index (Phi) is 3.16. The Bertz CT molecular complexity index is 558. The van der Waals surface area contributed by atoms with Gasteiger partial charge < -0.3 is 9.80 Å². The maximum Gasteiger partial charge on any atom is 0.0429 e. The van der Waals surface area contributed by atoms with Gasteiger partial charge in [-0.1, -0.05) is 30.3 Å². The van der Waals surface area contributed by atoms with Crippen LogP contribution in [-0.4, -0.2) is 20.6 Å². The van der Waals surface area contributed by atoms with Crippen molar-refractivity contribution in [2.24, 2.45) is 0 Å². The van der Waals surface area contributed by atoms with Gasteiger partial charge in [-0.2, -0.15) is 0 Å². The molecule has 0 saturated heterocycles. The minimum atomic E-state index is 1.00. The first kappa shape index (κ1) is 12.1. The number of hydrogen-bond acceptors (Lipinski definition) is 2. The third-order valence-electron chi connectivity index (χ3n) is 3.81. The smallest absolute Gasteiger partial charge is 0.0429 e. The number of rotatable bonds is 3. The average molecular weight is 252 g/mol. The molecule has 0 unspecified atom stereocenters. The molecule has 0 N–H and O–H groups in total. The van der Waals surface area contributed by atoms with Crippen LogP contribution in [0.3, 0.4) is 0 Å². The highest BCUT2D eigenvalue weighted by Gasteiger charge is 2.17. The van der Waals surface area contributed by atoms with Crippen LogP contribution in [0.1, 0.15) is 11.1 Å². The summed E-state index contributed by atoms with van der Waals surface area (Å²) in [6.45, 7) is 2.14. The molecule has 3 rings (SSSR count). The van der Waals surface area contributed by atoms with Crippen molar-refractivity contribution < 1.29 is 0 Å². The molecule has 19 heavy (non-hydrogen) atoms. The van der Waals surface area contributed by atoms with E-state index in [1.54, 1.807) is 0 Å². The predicted octanol–water partition coefficient (Wildman–Crippen LogP) is 3.32. The Hall–Kier alpha value is -1.96. The van der Waals surface area contributed by atoms with Gasteiger partial charge in [-0.3, -0.25) is 0 Å². The molecule has 2 aromatic carbocycles. The Balaban J connectivity index is 1.76. The summed E-state index contributed by atoms with van der Waals surface area (Å²) in [6.07, 6.45) is 1.17. The summed E-state index contributed by atoms with van der Waals surface area (Å²) in [5, 5.41) is 0. The Labute approximate surface area is 115 Å². The lowest BCUT2D eigenvalue weighted by atomic mass is 10.1. The normalized spacial score (nSPS) is 13.5. The topological polar surface area (TPSA) is 6.48 Å². The minimum Gasteiger partial charge on any atom is -0.378 e. The Morgan fingerprint density at radius 2 is 1.74 bits per heavy atom. The van der Waals surface area contributed by atoms with E-state index in [2.05, 4.69) is 72.4 Å². The van der Waals surface area contributed by atoms with Crippen LogP contribution < -0.4 is 9.80 Å². The summed E-state index contributed by atoms with van der Waals surface area (Å²) in [5.41, 5.74) is 5.51. The molecule has 2 nitrogen and oxygen atoms in total. The molecule has 0 aromatic heterocycles. The summed E-state index contributed by atoms with van der Waals surface area (Å²) < 4.78 is 0. The van der Waals surface area contributed by atoms with Crippen LogP contribution in [0.4, 0.5) is 11.4 Å². The van der Waals surface area contributed by atoms with Gasteiger partial charge in [-0.15, -0.1) is 0 Å². The molecule has 0 aliphatic carbocycles. The quantitative estimate of drug-likeness (QED) is 0.827. The van der Waals surface area contributed by atoms with Gasteiger partial charge in [0.1, 0.15) is 0 Å². The molecule has 1 heterocycles. The van der Waals surface area contributed by atoms with Crippen molar-refractivity contribution in [3.63, 3.8) is 0 Å². The zero-order valence-corrected chi connectivity index (χ0v) is 11.6. The van der Waals surface area contributed by atoms with Crippen LogP contribution in [0, 0.1) is 0 Å². The fraction of sp³-hybridized carbons (Fsp3) is 0.294. The third-order valence-corrected chi connectivity index (χ3v) is 3.81. The van der Waals surface area contributed by atoms with E-state index in [1.807, 2.05) is 0 Å². The maximum absolute atomic E-state index is 2.47. The maximum atomic E-state index is 2.47. The van der Waals surface area contributed by atoms with Crippen molar-refractivity contribution in [3.05, 3.63) is 59.7 Å². The number of para-hydroxylation sites is 1. The second-order valence-corrected chi connectivity index (χ2v) is 5.36. The standard InChI is InChI=1S/C17H20N2/c1-18(2)16-9-7-14(8-10-16)13-19-12-11-15-5-3-4-6-17(15)19/h3-10H,11-13H2,1-2H3. The van der Waals surface area contributed by atoms with E-state index in [0.29, 0.717) is 0 Å². The Morgan fingerprint density at radius 3 is 2.47 bits per heavy atom. The second-order valence-electron chi connectivity index (χ2n) is 5.36. The number of anilines is 2. The molecule has 0 atom stereocenters. The van der Waals surface area contributed by atoms with Crippen LogP contribution >= 0.6 is 0 Å². The lowest BCUT2D eigenvalue weighted by Gasteiger charge is -2.20. The van der Waals surface area contributed by atoms with Gasteiger partial charge >= 0.3 is 0 Å². The van der Waals surface area contributed by atoms with Gasteiger partial charge in [-0.25, -0.2) is 0 Å². The molecule has 0 spiro atoms. The van der Waals surface area contributed by atoms with Crippen molar-refractivity contribution in [1.82, 2.24) is 0 Å². The van der Waals surface area contributed by atoms with E-state index in [-0.39, 0.29) is 0 Å². The number of fused-ring (bicyclic) bond motifs is 1. The monoisotopic (exact) mass is 252 g/mol. The third kappa shape index (κ3) is 2.43. The molecular weight excluding hydrogens is 232 g/mol. The van der Waals surface area contributed by atoms with Crippen LogP contribution in [0.5, 0.6) is 0 Å². The van der Waals surface area contributed by atoms with Crippen molar-refractivity contribution in [3.8, 4) is 0 Å². The van der Waals surface area contributed by atoms with Gasteiger partial charge in [0.2, 0.25) is 0 Å². The van der Waals surface area contributed by atoms with Crippen LogP contribution in [-0.2, 0) is 13.0 Å². The molecule has 2 aromatic rings. The van der Waals surface area contributed by atoms with Crippen LogP contribution in [0.25, 0.3) is 0 Å². The van der Waals surface area contributed by atoms with Gasteiger partial charge in [-0.05, 0) is 35.7 Å². The number of hydrogen-bond donors (Lipinski definition) is 0. The van der Waals surface area contributed by atoms with Crippen LogP contribution in [0.15, 0.2) is 48.5 Å². The molecule has 0 saturated carbocycles. The first-order chi connectivity index (χ1) is 9.24. The molecule has 98 valence electrons. The molecule has 0 fully saturated rings. The highest BCUT2D eigenvalue weighted by Crippen LogP contribution is 2.29. The SMILES string of the molecule is CN(C)c1ccc(CN2CCc3ccccc32)cc1. The van der Waals surface area contributed by atoms with Gasteiger partial charge in [0.15, 0.2) is 0 Å². The van der Waals surface area contributed by atoms with Crippen molar-refractivity contribution in [2.75, 3.05) is 30.4 Å². The van der Waals surface area contributed by atoms with E-state index in [0.717, 1.165) is 13.1 Å². The average Bonchev–Trinajstić information content (AvgIpc) is 2.83. The molecule has 0 radical (unpaired) electrons. The molecule has 1 aliphatic heterocycles. The van der Waals surface area contributed by atoms with Crippen LogP contribution in [0.2, 0.25) is 0 Å². The summed E-state index contributed by atoms with van der Waals surface area (Å²) in [4.78, 5) is 4.61. The van der Waals surface area contributed by atoms with E-state index >= 15 is 0 Å². The van der Waals surface area contributed by atoms with Crippen molar-refractivity contribution in [1.29, 1.82) is 0 Å². The van der Waals surface area contributed by atoms with Crippen molar-refractivity contribution in [2.45, 2.75) is 13.0 Å². The summed E-state index contributed by atoms with van der Waals surface area (Å²) in [7, 11) is 4.15. The second kappa shape index (κ2) is 4.96. The number of benzene rings is 2. The van der Waals surface area contributed by atoms with Gasteiger partial charge in [0.05, 0.1) is 0 Å². The lowest BCUT2D eigenvalue weighted by molar-refractivity contribution is 0.836. The molecular formula is C17H20N2. The first-order valence-electron chi connectivity index (χ1n) is 6.83. The summed E-state index contributed by atoms with van der Waals surface area (Å²) >= 11 is 0. The number of nitrogens with zero attached hydrogens (tertiary/aromatic N) is 2. The van der Waals surface area contributed by atoms with Gasteiger partial charge in [0, 0.05) is 38.6 Å². The summed E-state index contributed by atoms with van der Waals surface area (Å²) in [6, 6.07) is 17.6. The van der Waals surface area contributed by atoms with E-state index in [4.69, 9.17) is 0 Å². The molecule has 0 amide bonds. The minimum absolute atomic E-state index is 1.00. The largest absolute Gasteiger partial charge is 0.378 e. The van der Waals surface area contributed by atoms with E-state index in [9.17, 15) is 0 Å². The highest BCUT2D eigenvalue weighted by atomic mass is 15.1. The fourth-order valence-corrected chi connectivity index (χ4v) is 2.69. The van der Waals surface area contributed by atoms with E-state index < -0.39 is 0 Å². The fourth-order valence-electron chi connectivity index (χ4n) is 2.69. The molecule has 1 aliphatic rings. The Morgan fingerprint density at radius 1 is 1.00 bits per heavy atom. The molecule has 0 bridgehead atoms. The first-order valence-corrected chi connectivity index (χ1v) is 6.83. The highest BCUT2D eigenvalue weighted by molar-refractivity contribution is 5.58. The zero-order chi connectivity index (χ0) is 13.2. The molecule has 2 heteroatoms. The lowest BCUT2D eigenvalue weighted by Crippen LogP contribution is -2.19. The van der Waals surface area contributed by atoms with Crippen molar-refractivity contribution >= 4 is 11.4 Å². The predicted molar refractivity (Wildman–Crippen MR) is 82.0 cm³/mol. The zero-order valence-electron chi connectivity index (χ0n) is 11.6. The van der Waals surface area contributed by atoms with Gasteiger partial charge in [0.25, 0.3) is 0 Å². The summed E-state index contributed by atoms with van der Waals surface area (Å²) in [5.74, 6) is 0.